The van der Waals surface area contributed by atoms with Crippen LogP contribution in [-0.4, -0.2) is 59.3 Å². The van der Waals surface area contributed by atoms with E-state index in [2.05, 4.69) is 11.8 Å². The Hall–Kier alpha value is -1.48. The Balaban J connectivity index is 0. The fourth-order valence-corrected chi connectivity index (χ4v) is 1.75. The first-order valence-corrected chi connectivity index (χ1v) is 7.66. The minimum absolute atomic E-state index is 0.285. The van der Waals surface area contributed by atoms with Crippen LogP contribution in [-0.2, 0) is 9.59 Å². The Morgan fingerprint density at radius 2 is 1.82 bits per heavy atom. The van der Waals surface area contributed by atoms with Gasteiger partial charge in [0.05, 0.1) is 6.10 Å². The maximum absolute atomic E-state index is 9.64. The maximum atomic E-state index is 9.64. The number of nitrogens with two attached hydrogens (primary N) is 1. The van der Waals surface area contributed by atoms with E-state index in [1.807, 2.05) is 31.6 Å². The summed E-state index contributed by atoms with van der Waals surface area (Å²) in [6.45, 7) is 3.80. The second kappa shape index (κ2) is 14.5. The van der Waals surface area contributed by atoms with Crippen LogP contribution in [0.1, 0.15) is 30.7 Å². The van der Waals surface area contributed by atoms with Gasteiger partial charge in [-0.05, 0) is 44.9 Å². The summed E-state index contributed by atoms with van der Waals surface area (Å²) in [4.78, 5) is 21.3. The third kappa shape index (κ3) is 14.9. The van der Waals surface area contributed by atoms with Gasteiger partial charge in [0.15, 0.2) is 0 Å². The fourth-order valence-electron chi connectivity index (χ4n) is 1.00. The molecule has 0 unspecified atom stereocenters. The summed E-state index contributed by atoms with van der Waals surface area (Å²) in [5.41, 5.74) is 5.03. The van der Waals surface area contributed by atoms with Crippen LogP contribution in [0.4, 0.5) is 0 Å². The van der Waals surface area contributed by atoms with Gasteiger partial charge in [0, 0.05) is 11.4 Å². The lowest BCUT2D eigenvalue weighted by molar-refractivity contribution is -0.159. The van der Waals surface area contributed by atoms with E-state index in [1.165, 1.54) is 0 Å². The summed E-state index contributed by atoms with van der Waals surface area (Å²) >= 11 is 1.61. The second-order valence-corrected chi connectivity index (χ2v) is 5.50. The van der Waals surface area contributed by atoms with Crippen LogP contribution in [0, 0.1) is 0 Å². The highest BCUT2D eigenvalue weighted by atomic mass is 32.1. The maximum Gasteiger partial charge on any atom is 0.414 e. The molecule has 0 aromatic carbocycles. The van der Waals surface area contributed by atoms with E-state index in [0.717, 1.165) is 30.8 Å². The molecular weight excluding hydrogens is 308 g/mol. The molecule has 0 radical (unpaired) electrons. The summed E-state index contributed by atoms with van der Waals surface area (Å²) in [6.07, 6.45) is 1.63. The predicted molar refractivity (Wildman–Crippen MR) is 87.1 cm³/mol. The molecule has 0 saturated heterocycles. The molecule has 1 aromatic rings. The standard InChI is InChI=1S/C9H15NOS.C3H9N.C2H2O4/c1-10(2)6-5-8(11)9-4-3-7-12-9;1-2-3-4;3-1(4)2(5)6/h3-4,7-8,11H,5-6H2,1-2H3;2-4H2,1H3;(H,3,4)(H,5,6)/t8-;;/m0../s1. The Kier molecular flexibility index (Phi) is 15.0. The zero-order valence-electron chi connectivity index (χ0n) is 13.2. The molecule has 1 rings (SSSR count). The lowest BCUT2D eigenvalue weighted by Gasteiger charge is -2.12. The summed E-state index contributed by atoms with van der Waals surface area (Å²) in [5.74, 6) is -3.65. The Bertz CT molecular complexity index is 382. The summed E-state index contributed by atoms with van der Waals surface area (Å²) in [7, 11) is 4.03. The molecule has 8 heteroatoms. The number of carbonyl (C=O) groups is 2. The minimum Gasteiger partial charge on any atom is -0.473 e. The zero-order chi connectivity index (χ0) is 17.5. The van der Waals surface area contributed by atoms with Crippen molar-refractivity contribution in [1.29, 1.82) is 0 Å². The lowest BCUT2D eigenvalue weighted by Crippen LogP contribution is -2.15. The number of aliphatic carboxylic acids is 2. The number of nitrogens with zero attached hydrogens (tertiary/aromatic N) is 1. The average Bonchev–Trinajstić information content (AvgIpc) is 2.99. The normalized spacial score (nSPS) is 10.8. The third-order valence-corrected chi connectivity index (χ3v) is 3.17. The number of aliphatic hydroxyl groups excluding tert-OH is 1. The van der Waals surface area contributed by atoms with Gasteiger partial charge in [-0.15, -0.1) is 11.3 Å². The molecule has 0 aliphatic carbocycles. The number of hydrogen-bond acceptors (Lipinski definition) is 6. The van der Waals surface area contributed by atoms with Gasteiger partial charge in [-0.3, -0.25) is 0 Å². The number of carboxylic acid groups (broad SMARTS) is 2. The highest BCUT2D eigenvalue weighted by molar-refractivity contribution is 7.10. The van der Waals surface area contributed by atoms with Crippen molar-refractivity contribution in [2.75, 3.05) is 27.2 Å². The van der Waals surface area contributed by atoms with Crippen LogP contribution in [0.15, 0.2) is 17.5 Å². The highest BCUT2D eigenvalue weighted by Gasteiger charge is 2.07. The van der Waals surface area contributed by atoms with Crippen molar-refractivity contribution < 1.29 is 24.9 Å². The molecule has 128 valence electrons. The van der Waals surface area contributed by atoms with E-state index in [1.54, 1.807) is 11.3 Å². The van der Waals surface area contributed by atoms with Gasteiger partial charge < -0.3 is 26.0 Å². The van der Waals surface area contributed by atoms with Crippen molar-refractivity contribution in [1.82, 2.24) is 4.90 Å². The third-order valence-electron chi connectivity index (χ3n) is 2.19. The van der Waals surface area contributed by atoms with Gasteiger partial charge in [-0.25, -0.2) is 9.59 Å². The van der Waals surface area contributed by atoms with Gasteiger partial charge in [0.2, 0.25) is 0 Å². The smallest absolute Gasteiger partial charge is 0.414 e. The van der Waals surface area contributed by atoms with Crippen molar-refractivity contribution in [3.63, 3.8) is 0 Å². The molecular formula is C14H26N2O5S. The molecule has 0 aliphatic rings. The molecule has 1 atom stereocenters. The summed E-state index contributed by atoms with van der Waals surface area (Å²) in [5, 5.41) is 26.4. The van der Waals surface area contributed by atoms with E-state index in [4.69, 9.17) is 25.5 Å². The zero-order valence-corrected chi connectivity index (χ0v) is 14.0. The van der Waals surface area contributed by atoms with Crippen molar-refractivity contribution in [3.05, 3.63) is 22.4 Å². The van der Waals surface area contributed by atoms with E-state index in [0.29, 0.717) is 0 Å². The topological polar surface area (TPSA) is 124 Å². The molecule has 1 aromatic heterocycles. The number of aliphatic hydroxyl groups is 1. The van der Waals surface area contributed by atoms with Crippen molar-refractivity contribution in [3.8, 4) is 0 Å². The van der Waals surface area contributed by atoms with Crippen LogP contribution in [0.2, 0.25) is 0 Å². The number of carboxylic acids is 2. The highest BCUT2D eigenvalue weighted by Crippen LogP contribution is 2.21. The van der Waals surface area contributed by atoms with Gasteiger partial charge in [0.25, 0.3) is 0 Å². The van der Waals surface area contributed by atoms with Crippen LogP contribution in [0.3, 0.4) is 0 Å². The minimum atomic E-state index is -1.82. The average molecular weight is 334 g/mol. The molecule has 5 N–H and O–H groups in total. The lowest BCUT2D eigenvalue weighted by atomic mass is 10.2. The van der Waals surface area contributed by atoms with Gasteiger partial charge >= 0.3 is 11.9 Å². The Labute approximate surface area is 135 Å². The van der Waals surface area contributed by atoms with E-state index >= 15 is 0 Å². The predicted octanol–water partition coefficient (Wildman–Crippen LogP) is 1.24. The first-order chi connectivity index (χ1) is 10.3. The van der Waals surface area contributed by atoms with Gasteiger partial charge in [-0.1, -0.05) is 13.0 Å². The second-order valence-electron chi connectivity index (χ2n) is 4.52. The van der Waals surface area contributed by atoms with Gasteiger partial charge in [0.1, 0.15) is 0 Å². The quantitative estimate of drug-likeness (QED) is 0.597. The van der Waals surface area contributed by atoms with Crippen LogP contribution >= 0.6 is 11.3 Å². The van der Waals surface area contributed by atoms with Crippen LogP contribution in [0.25, 0.3) is 0 Å². The first kappa shape index (κ1) is 22.8. The van der Waals surface area contributed by atoms with E-state index in [9.17, 15) is 5.11 Å². The van der Waals surface area contributed by atoms with Crippen molar-refractivity contribution in [2.24, 2.45) is 5.73 Å². The van der Waals surface area contributed by atoms with E-state index in [-0.39, 0.29) is 6.10 Å². The van der Waals surface area contributed by atoms with Crippen molar-refractivity contribution in [2.45, 2.75) is 25.9 Å². The first-order valence-electron chi connectivity index (χ1n) is 6.78. The number of rotatable bonds is 5. The van der Waals surface area contributed by atoms with Crippen molar-refractivity contribution >= 4 is 23.3 Å². The Morgan fingerprint density at radius 1 is 1.32 bits per heavy atom. The Morgan fingerprint density at radius 3 is 2.09 bits per heavy atom. The molecule has 0 spiro atoms. The van der Waals surface area contributed by atoms with Crippen LogP contribution < -0.4 is 5.73 Å². The SMILES string of the molecule is CCCN.CN(C)CC[C@H](O)c1cccs1.O=C(O)C(=O)O. The summed E-state index contributed by atoms with van der Waals surface area (Å²) in [6, 6.07) is 3.95. The monoisotopic (exact) mass is 334 g/mol. The molecule has 7 nitrogen and oxygen atoms in total. The summed E-state index contributed by atoms with van der Waals surface area (Å²) < 4.78 is 0. The van der Waals surface area contributed by atoms with Crippen LogP contribution in [0.5, 0.6) is 0 Å². The van der Waals surface area contributed by atoms with E-state index < -0.39 is 11.9 Å². The number of hydrogen-bond donors (Lipinski definition) is 4. The molecule has 0 bridgehead atoms. The largest absolute Gasteiger partial charge is 0.473 e. The molecule has 0 fully saturated rings. The molecule has 0 aliphatic heterocycles. The molecule has 0 amide bonds. The molecule has 0 saturated carbocycles. The number of thiophene rings is 1. The fraction of sp³-hybridized carbons (Fsp3) is 0.571. The van der Waals surface area contributed by atoms with Gasteiger partial charge in [-0.2, -0.15) is 0 Å². The molecule has 22 heavy (non-hydrogen) atoms. The molecule has 1 heterocycles.